The fourth-order valence-electron chi connectivity index (χ4n) is 2.03. The van der Waals surface area contributed by atoms with Crippen LogP contribution in [-0.4, -0.2) is 19.3 Å². The van der Waals surface area contributed by atoms with Gasteiger partial charge in [-0.1, -0.05) is 6.42 Å². The molecule has 110 valence electrons. The van der Waals surface area contributed by atoms with E-state index in [1.807, 2.05) is 0 Å². The van der Waals surface area contributed by atoms with Crippen LogP contribution in [0.25, 0.3) is 0 Å². The standard InChI is InChI=1S/C12H17N3O4S/c16-15(17)11-6-8-12(9-7-11)20(18,19)14-13-10-4-2-1-3-5-10/h6-9,14-16H,1-5H2. The Kier molecular flexibility index (Phi) is 4.71. The van der Waals surface area contributed by atoms with E-state index in [-0.39, 0.29) is 10.6 Å². The zero-order valence-electron chi connectivity index (χ0n) is 10.9. The highest BCUT2D eigenvalue weighted by Gasteiger charge is 2.15. The van der Waals surface area contributed by atoms with Gasteiger partial charge in [0.25, 0.3) is 10.0 Å². The average molecular weight is 299 g/mol. The van der Waals surface area contributed by atoms with Crippen molar-refractivity contribution in [1.29, 1.82) is 0 Å². The van der Waals surface area contributed by atoms with E-state index in [1.54, 1.807) is 0 Å². The van der Waals surface area contributed by atoms with Gasteiger partial charge in [-0.05, 0) is 37.8 Å². The first-order valence-corrected chi connectivity index (χ1v) is 7.88. The molecule has 0 amide bonds. The molecule has 3 N–H and O–H groups in total. The number of sulfonamides is 1. The van der Waals surface area contributed by atoms with Crippen molar-refractivity contribution in [1.82, 2.24) is 4.83 Å². The molecule has 2 rings (SSSR count). The summed E-state index contributed by atoms with van der Waals surface area (Å²) in [6.07, 6.45) is 4.87. The highest BCUT2D eigenvalue weighted by Crippen LogP contribution is 2.15. The van der Waals surface area contributed by atoms with E-state index in [2.05, 4.69) is 9.93 Å². The molecule has 1 aliphatic carbocycles. The molecule has 1 atom stereocenters. The molecule has 0 aliphatic heterocycles. The molecular formula is C12H17N3O4S. The monoisotopic (exact) mass is 299 g/mol. The number of benzene rings is 1. The zero-order valence-corrected chi connectivity index (χ0v) is 11.7. The first-order valence-electron chi connectivity index (χ1n) is 6.40. The third-order valence-electron chi connectivity index (χ3n) is 3.17. The predicted molar refractivity (Wildman–Crippen MR) is 73.1 cm³/mol. The van der Waals surface area contributed by atoms with Gasteiger partial charge in [0.05, 0.1) is 4.90 Å². The van der Waals surface area contributed by atoms with Crippen LogP contribution in [0.3, 0.4) is 0 Å². The summed E-state index contributed by atoms with van der Waals surface area (Å²) < 4.78 is 24.0. The summed E-state index contributed by atoms with van der Waals surface area (Å²) in [4.78, 5) is 2.21. The molecule has 0 saturated heterocycles. The molecular weight excluding hydrogens is 282 g/mol. The first-order chi connectivity index (χ1) is 9.49. The smallest absolute Gasteiger partial charge is 0.276 e. The Labute approximate surface area is 117 Å². The number of nitrogens with one attached hydrogen (secondary N) is 2. The van der Waals surface area contributed by atoms with Crippen LogP contribution >= 0.6 is 0 Å². The van der Waals surface area contributed by atoms with Gasteiger partial charge in [0, 0.05) is 17.8 Å². The van der Waals surface area contributed by atoms with E-state index in [0.29, 0.717) is 0 Å². The van der Waals surface area contributed by atoms with Crippen molar-refractivity contribution in [3.05, 3.63) is 29.5 Å². The summed E-state index contributed by atoms with van der Waals surface area (Å²) in [5.41, 5.74) is 0.907. The molecule has 7 nitrogen and oxygen atoms in total. The minimum atomic E-state index is -3.73. The van der Waals surface area contributed by atoms with E-state index in [0.717, 1.165) is 37.8 Å². The summed E-state index contributed by atoms with van der Waals surface area (Å²) in [5, 5.41) is 22.3. The average Bonchev–Trinajstić information content (AvgIpc) is 2.46. The maximum atomic E-state index is 12.0. The first kappa shape index (κ1) is 14.9. The van der Waals surface area contributed by atoms with Crippen LogP contribution in [0.2, 0.25) is 0 Å². The number of rotatable bonds is 4. The third-order valence-corrected chi connectivity index (χ3v) is 4.39. The molecule has 1 aromatic rings. The summed E-state index contributed by atoms with van der Waals surface area (Å²) >= 11 is 0. The Morgan fingerprint density at radius 2 is 1.75 bits per heavy atom. The van der Waals surface area contributed by atoms with Crippen LogP contribution in [0.4, 0.5) is 5.69 Å². The second-order valence-corrected chi connectivity index (χ2v) is 6.32. The summed E-state index contributed by atoms with van der Waals surface area (Å²) in [6.45, 7) is 0. The van der Waals surface area contributed by atoms with Gasteiger partial charge in [-0.3, -0.25) is 0 Å². The lowest BCUT2D eigenvalue weighted by Gasteiger charge is -2.13. The largest absolute Gasteiger partial charge is 0.595 e. The van der Waals surface area contributed by atoms with Gasteiger partial charge in [-0.15, -0.1) is 0 Å². The third kappa shape index (κ3) is 3.76. The van der Waals surface area contributed by atoms with Crippen LogP contribution < -0.4 is 10.1 Å². The highest BCUT2D eigenvalue weighted by atomic mass is 32.2. The molecule has 1 aliphatic rings. The predicted octanol–water partition coefficient (Wildman–Crippen LogP) is 0.688. The molecule has 0 spiro atoms. The van der Waals surface area contributed by atoms with Crippen molar-refractivity contribution in [3.63, 3.8) is 0 Å². The minimum absolute atomic E-state index is 0.00246. The molecule has 1 aromatic carbocycles. The van der Waals surface area contributed by atoms with Crippen LogP contribution in [0, 0.1) is 5.21 Å². The molecule has 1 saturated carbocycles. The normalized spacial score (nSPS) is 17.6. The minimum Gasteiger partial charge on any atom is -0.595 e. The maximum Gasteiger partial charge on any atom is 0.276 e. The van der Waals surface area contributed by atoms with Crippen molar-refractivity contribution >= 4 is 21.4 Å². The van der Waals surface area contributed by atoms with E-state index in [4.69, 9.17) is 5.21 Å². The molecule has 0 aromatic heterocycles. The van der Waals surface area contributed by atoms with Gasteiger partial charge in [-0.25, -0.2) is 10.0 Å². The van der Waals surface area contributed by atoms with Gasteiger partial charge in [0.15, 0.2) is 5.69 Å². The molecule has 0 radical (unpaired) electrons. The molecule has 8 heteroatoms. The van der Waals surface area contributed by atoms with Crippen LogP contribution in [-0.2, 0) is 10.0 Å². The molecule has 0 heterocycles. The van der Waals surface area contributed by atoms with Crippen molar-refractivity contribution < 1.29 is 18.9 Å². The van der Waals surface area contributed by atoms with Crippen molar-refractivity contribution in [2.75, 3.05) is 0 Å². The summed E-state index contributed by atoms with van der Waals surface area (Å²) in [7, 11) is -3.73. The number of hydrogen-bond donors (Lipinski definition) is 3. The molecule has 0 bridgehead atoms. The molecule has 1 fully saturated rings. The van der Waals surface area contributed by atoms with E-state index < -0.39 is 15.2 Å². The maximum absolute atomic E-state index is 12.0. The highest BCUT2D eigenvalue weighted by molar-refractivity contribution is 7.89. The Hall–Kier alpha value is -1.48. The van der Waals surface area contributed by atoms with Crippen LogP contribution in [0.15, 0.2) is 34.3 Å². The van der Waals surface area contributed by atoms with Gasteiger partial charge >= 0.3 is 0 Å². The fraction of sp³-hybridized carbons (Fsp3) is 0.417. The topological polar surface area (TPSA) is 106 Å². The lowest BCUT2D eigenvalue weighted by Crippen LogP contribution is -2.99. The van der Waals surface area contributed by atoms with Crippen molar-refractivity contribution in [3.8, 4) is 0 Å². The van der Waals surface area contributed by atoms with E-state index >= 15 is 0 Å². The second kappa shape index (κ2) is 6.31. The van der Waals surface area contributed by atoms with Gasteiger partial charge in [0.2, 0.25) is 0 Å². The second-order valence-electron chi connectivity index (χ2n) is 4.66. The van der Waals surface area contributed by atoms with Crippen molar-refractivity contribution in [2.45, 2.75) is 37.0 Å². The van der Waals surface area contributed by atoms with E-state index in [9.17, 15) is 13.6 Å². The molecule has 1 unspecified atom stereocenters. The zero-order chi connectivity index (χ0) is 14.6. The number of hydrogen-bond acceptors (Lipinski definition) is 5. The number of quaternary nitrogens is 1. The molecule has 20 heavy (non-hydrogen) atoms. The van der Waals surface area contributed by atoms with Crippen LogP contribution in [0.5, 0.6) is 0 Å². The summed E-state index contributed by atoms with van der Waals surface area (Å²) in [6, 6.07) is 5.02. The summed E-state index contributed by atoms with van der Waals surface area (Å²) in [5.74, 6) is 0. The van der Waals surface area contributed by atoms with E-state index in [1.165, 1.54) is 24.3 Å². The van der Waals surface area contributed by atoms with Gasteiger partial charge < -0.3 is 5.21 Å². The van der Waals surface area contributed by atoms with Crippen molar-refractivity contribution in [2.24, 2.45) is 5.10 Å². The number of hydrazone groups is 1. The quantitative estimate of drug-likeness (QED) is 0.711. The lowest BCUT2D eigenvalue weighted by atomic mass is 9.99. The Morgan fingerprint density at radius 1 is 1.15 bits per heavy atom. The Balaban J connectivity index is 2.09. The van der Waals surface area contributed by atoms with Gasteiger partial charge in [-0.2, -0.15) is 18.7 Å². The Bertz CT molecular complexity index is 573. The fourth-order valence-corrected chi connectivity index (χ4v) is 2.87. The van der Waals surface area contributed by atoms with Crippen LogP contribution in [0.1, 0.15) is 32.1 Å². The Morgan fingerprint density at radius 3 is 2.30 bits per heavy atom. The SMILES string of the molecule is O=S(=O)(NN=C1CCCCC1)c1ccc([NH+]([O-])O)cc1. The lowest BCUT2D eigenvalue weighted by molar-refractivity contribution is -0.991. The van der Waals surface area contributed by atoms with Gasteiger partial charge in [0.1, 0.15) is 0 Å². The number of nitrogens with zero attached hydrogens (tertiary/aromatic N) is 1.